The monoisotopic (exact) mass is 337 g/mol. The molecule has 0 saturated heterocycles. The molecule has 0 radical (unpaired) electrons. The van der Waals surface area contributed by atoms with Crippen LogP contribution in [-0.4, -0.2) is 12.6 Å². The number of carbonyl (C=O) groups is 1. The number of nitrogens with zero attached hydrogens (tertiary/aromatic N) is 1. The molecule has 0 aliphatic rings. The maximum Gasteiger partial charge on any atom is 0.320 e. The number of unbranched alkanes of at least 4 members (excludes halogenated alkanes) is 15. The van der Waals surface area contributed by atoms with Gasteiger partial charge < -0.3 is 4.74 Å². The molecule has 0 fully saturated rings. The molecule has 3 nitrogen and oxygen atoms in total. The minimum absolute atomic E-state index is 0.126. The second-order valence-corrected chi connectivity index (χ2v) is 6.86. The first-order chi connectivity index (χ1) is 11.8. The molecule has 0 amide bonds. The normalized spacial score (nSPS) is 10.5. The zero-order chi connectivity index (χ0) is 17.7. The third kappa shape index (κ3) is 19.0. The average molecular weight is 338 g/mol. The standard InChI is InChI=1S/C21H39NO2/c1-2-3-4-5-6-7-8-9-10-11-12-13-14-15-16-17-20-24-21(23)18-19-22/h2-18,20H2,1H3. The second kappa shape index (κ2) is 20.0. The summed E-state index contributed by atoms with van der Waals surface area (Å²) < 4.78 is 4.94. The summed E-state index contributed by atoms with van der Waals surface area (Å²) in [6.07, 6.45) is 21.3. The fourth-order valence-electron chi connectivity index (χ4n) is 2.95. The van der Waals surface area contributed by atoms with Gasteiger partial charge in [-0.25, -0.2) is 0 Å². The van der Waals surface area contributed by atoms with Crippen molar-refractivity contribution in [1.82, 2.24) is 0 Å². The van der Waals surface area contributed by atoms with Gasteiger partial charge >= 0.3 is 5.97 Å². The first kappa shape index (κ1) is 23.0. The van der Waals surface area contributed by atoms with E-state index in [-0.39, 0.29) is 6.42 Å². The molecule has 0 N–H and O–H groups in total. The molecular weight excluding hydrogens is 298 g/mol. The number of esters is 1. The molecule has 0 aromatic rings. The summed E-state index contributed by atoms with van der Waals surface area (Å²) in [6, 6.07) is 1.80. The van der Waals surface area contributed by atoms with E-state index < -0.39 is 5.97 Å². The van der Waals surface area contributed by atoms with Crippen molar-refractivity contribution in [2.75, 3.05) is 6.61 Å². The zero-order valence-electron chi connectivity index (χ0n) is 16.0. The van der Waals surface area contributed by atoms with Crippen LogP contribution in [0.1, 0.15) is 116 Å². The second-order valence-electron chi connectivity index (χ2n) is 6.86. The Morgan fingerprint density at radius 3 is 1.46 bits per heavy atom. The minimum atomic E-state index is -0.390. The fourth-order valence-corrected chi connectivity index (χ4v) is 2.95. The van der Waals surface area contributed by atoms with Crippen LogP contribution < -0.4 is 0 Å². The molecule has 0 bridgehead atoms. The van der Waals surface area contributed by atoms with E-state index in [4.69, 9.17) is 10.00 Å². The van der Waals surface area contributed by atoms with Crippen LogP contribution in [0.3, 0.4) is 0 Å². The molecule has 0 atom stereocenters. The van der Waals surface area contributed by atoms with Gasteiger partial charge in [-0.2, -0.15) is 5.26 Å². The summed E-state index contributed by atoms with van der Waals surface area (Å²) >= 11 is 0. The van der Waals surface area contributed by atoms with Crippen molar-refractivity contribution in [3.8, 4) is 6.07 Å². The highest BCUT2D eigenvalue weighted by Gasteiger charge is 2.00. The molecule has 0 rings (SSSR count). The van der Waals surface area contributed by atoms with Crippen LogP contribution in [0.4, 0.5) is 0 Å². The minimum Gasteiger partial charge on any atom is -0.465 e. The maximum absolute atomic E-state index is 11.0. The Labute approximate surface area is 150 Å². The van der Waals surface area contributed by atoms with Crippen LogP contribution in [0.15, 0.2) is 0 Å². The van der Waals surface area contributed by atoms with Gasteiger partial charge in [0.05, 0.1) is 12.7 Å². The number of nitriles is 1. The van der Waals surface area contributed by atoms with Crippen LogP contribution in [-0.2, 0) is 9.53 Å². The highest BCUT2D eigenvalue weighted by atomic mass is 16.5. The van der Waals surface area contributed by atoms with Crippen LogP contribution in [0.2, 0.25) is 0 Å². The van der Waals surface area contributed by atoms with Gasteiger partial charge in [0, 0.05) is 0 Å². The Kier molecular flexibility index (Phi) is 19.1. The van der Waals surface area contributed by atoms with Gasteiger partial charge in [-0.15, -0.1) is 0 Å². The predicted octanol–water partition coefficient (Wildman–Crippen LogP) is 6.70. The lowest BCUT2D eigenvalue weighted by Crippen LogP contribution is -2.04. The molecule has 24 heavy (non-hydrogen) atoms. The van der Waals surface area contributed by atoms with Gasteiger partial charge in [0.25, 0.3) is 0 Å². The first-order valence-electron chi connectivity index (χ1n) is 10.3. The largest absolute Gasteiger partial charge is 0.465 e. The van der Waals surface area contributed by atoms with Gasteiger partial charge in [0.2, 0.25) is 0 Å². The lowest BCUT2D eigenvalue weighted by molar-refractivity contribution is -0.142. The molecule has 3 heteroatoms. The van der Waals surface area contributed by atoms with Crippen molar-refractivity contribution < 1.29 is 9.53 Å². The van der Waals surface area contributed by atoms with Crippen molar-refractivity contribution in [3.63, 3.8) is 0 Å². The van der Waals surface area contributed by atoms with E-state index >= 15 is 0 Å². The van der Waals surface area contributed by atoms with Crippen LogP contribution in [0, 0.1) is 11.3 Å². The Hall–Kier alpha value is -1.04. The quantitative estimate of drug-likeness (QED) is 0.206. The van der Waals surface area contributed by atoms with E-state index in [0.29, 0.717) is 6.61 Å². The van der Waals surface area contributed by atoms with Gasteiger partial charge in [0.15, 0.2) is 0 Å². The summed E-state index contributed by atoms with van der Waals surface area (Å²) in [7, 11) is 0. The van der Waals surface area contributed by atoms with E-state index in [0.717, 1.165) is 12.8 Å². The summed E-state index contributed by atoms with van der Waals surface area (Å²) in [5.74, 6) is -0.390. The molecule has 0 unspecified atom stereocenters. The average Bonchev–Trinajstić information content (AvgIpc) is 2.58. The molecule has 140 valence electrons. The third-order valence-electron chi connectivity index (χ3n) is 4.48. The molecule has 0 aromatic heterocycles. The molecule has 0 aliphatic heterocycles. The number of rotatable bonds is 18. The Morgan fingerprint density at radius 1 is 0.708 bits per heavy atom. The summed E-state index contributed by atoms with van der Waals surface area (Å²) in [5, 5.41) is 8.33. The van der Waals surface area contributed by atoms with Crippen LogP contribution >= 0.6 is 0 Å². The van der Waals surface area contributed by atoms with Gasteiger partial charge in [-0.1, -0.05) is 103 Å². The number of ether oxygens (including phenoxy) is 1. The van der Waals surface area contributed by atoms with Crippen LogP contribution in [0.5, 0.6) is 0 Å². The summed E-state index contributed by atoms with van der Waals surface area (Å²) in [5.41, 5.74) is 0. The number of carbonyl (C=O) groups excluding carboxylic acids is 1. The van der Waals surface area contributed by atoms with E-state index in [2.05, 4.69) is 6.92 Å². The predicted molar refractivity (Wildman–Crippen MR) is 101 cm³/mol. The van der Waals surface area contributed by atoms with Crippen molar-refractivity contribution in [3.05, 3.63) is 0 Å². The van der Waals surface area contributed by atoms with E-state index in [1.165, 1.54) is 89.9 Å². The molecule has 0 spiro atoms. The summed E-state index contributed by atoms with van der Waals surface area (Å²) in [6.45, 7) is 2.74. The first-order valence-corrected chi connectivity index (χ1v) is 10.3. The zero-order valence-corrected chi connectivity index (χ0v) is 16.0. The van der Waals surface area contributed by atoms with E-state index in [1.807, 2.05) is 0 Å². The van der Waals surface area contributed by atoms with Gasteiger partial charge in [0.1, 0.15) is 6.42 Å². The molecule has 0 saturated carbocycles. The smallest absolute Gasteiger partial charge is 0.320 e. The van der Waals surface area contributed by atoms with Crippen molar-refractivity contribution in [1.29, 1.82) is 5.26 Å². The van der Waals surface area contributed by atoms with Gasteiger partial charge in [-0.3, -0.25) is 4.79 Å². The topological polar surface area (TPSA) is 50.1 Å². The Balaban J connectivity index is 3.03. The SMILES string of the molecule is CCCCCCCCCCCCCCCCCCOC(=O)CC#N. The maximum atomic E-state index is 11.0. The molecule has 0 aliphatic carbocycles. The Bertz CT molecular complexity index is 309. The van der Waals surface area contributed by atoms with E-state index in [1.54, 1.807) is 6.07 Å². The lowest BCUT2D eigenvalue weighted by Gasteiger charge is -2.04. The molecule has 0 heterocycles. The van der Waals surface area contributed by atoms with Crippen LogP contribution in [0.25, 0.3) is 0 Å². The highest BCUT2D eigenvalue weighted by Crippen LogP contribution is 2.13. The highest BCUT2D eigenvalue weighted by molar-refractivity contribution is 5.71. The molecular formula is C21H39NO2. The Morgan fingerprint density at radius 2 is 1.08 bits per heavy atom. The van der Waals surface area contributed by atoms with Crippen molar-refractivity contribution in [2.45, 2.75) is 116 Å². The van der Waals surface area contributed by atoms with Crippen molar-refractivity contribution >= 4 is 5.97 Å². The number of hydrogen-bond donors (Lipinski definition) is 0. The number of hydrogen-bond acceptors (Lipinski definition) is 3. The summed E-state index contributed by atoms with van der Waals surface area (Å²) in [4.78, 5) is 11.0. The van der Waals surface area contributed by atoms with Gasteiger partial charge in [-0.05, 0) is 6.42 Å². The van der Waals surface area contributed by atoms with E-state index in [9.17, 15) is 4.79 Å². The van der Waals surface area contributed by atoms with Crippen molar-refractivity contribution in [2.24, 2.45) is 0 Å². The third-order valence-corrected chi connectivity index (χ3v) is 4.48. The lowest BCUT2D eigenvalue weighted by atomic mass is 10.0. The molecule has 0 aromatic carbocycles. The fraction of sp³-hybridized carbons (Fsp3) is 0.905.